The molecule has 1 aliphatic rings. The summed E-state index contributed by atoms with van der Waals surface area (Å²) in [7, 11) is 1.28. The molecule has 7 heteroatoms. The van der Waals surface area contributed by atoms with E-state index in [4.69, 9.17) is 10.7 Å². The van der Waals surface area contributed by atoms with Crippen LogP contribution in [0.5, 0.6) is 0 Å². The van der Waals surface area contributed by atoms with E-state index >= 15 is 0 Å². The topological polar surface area (TPSA) is 54.5 Å². The molecule has 1 aromatic rings. The Morgan fingerprint density at radius 2 is 1.81 bits per heavy atom. The number of carbonyl (C=O) groups excluding carboxylic acids is 1. The number of carbonyl (C=O) groups is 1. The molecule has 4 nitrogen and oxygen atoms in total. The maximum Gasteiger partial charge on any atom is 0.261 e. The van der Waals surface area contributed by atoms with Crippen LogP contribution in [0.1, 0.15) is 29.8 Å². The fraction of sp³-hybridized carbons (Fsp3) is 0.500. The number of benzene rings is 1. The number of aryl methyl sites for hydroxylation is 1. The van der Waals surface area contributed by atoms with Crippen LogP contribution in [0.25, 0.3) is 0 Å². The summed E-state index contributed by atoms with van der Waals surface area (Å²) >= 11 is 0. The Labute approximate surface area is 128 Å². The largest absolute Gasteiger partial charge is 0.338 e. The van der Waals surface area contributed by atoms with Crippen molar-refractivity contribution in [2.75, 3.05) is 13.1 Å². The van der Waals surface area contributed by atoms with Gasteiger partial charge in [0.2, 0.25) is 0 Å². The molecule has 0 radical (unpaired) electrons. The van der Waals surface area contributed by atoms with Crippen LogP contribution in [-0.2, 0) is 9.05 Å². The molecule has 1 aromatic carbocycles. The van der Waals surface area contributed by atoms with E-state index < -0.39 is 20.8 Å². The van der Waals surface area contributed by atoms with E-state index in [0.29, 0.717) is 24.9 Å². The predicted octanol–water partition coefficient (Wildman–Crippen LogP) is 2.79. The van der Waals surface area contributed by atoms with Gasteiger partial charge in [0.1, 0.15) is 5.82 Å². The molecular formula is C14H17ClFNO3S. The maximum atomic E-state index is 14.2. The molecule has 1 aliphatic heterocycles. The van der Waals surface area contributed by atoms with Gasteiger partial charge in [-0.2, -0.15) is 0 Å². The number of hydrogen-bond acceptors (Lipinski definition) is 3. The molecule has 2 atom stereocenters. The molecule has 0 aliphatic carbocycles. The quantitative estimate of drug-likeness (QED) is 0.782. The maximum absolute atomic E-state index is 14.2. The zero-order valence-electron chi connectivity index (χ0n) is 12.1. The third-order valence-corrected chi connectivity index (χ3v) is 5.35. The van der Waals surface area contributed by atoms with Gasteiger partial charge in [-0.15, -0.1) is 0 Å². The van der Waals surface area contributed by atoms with Gasteiger partial charge >= 0.3 is 0 Å². The fourth-order valence-corrected chi connectivity index (χ4v) is 3.34. The lowest BCUT2D eigenvalue weighted by Crippen LogP contribution is -2.30. The summed E-state index contributed by atoms with van der Waals surface area (Å²) in [6.45, 7) is 6.54. The molecule has 2 unspecified atom stereocenters. The molecule has 1 amide bonds. The van der Waals surface area contributed by atoms with E-state index in [9.17, 15) is 17.6 Å². The summed E-state index contributed by atoms with van der Waals surface area (Å²) in [6.07, 6.45) is 0. The van der Waals surface area contributed by atoms with Crippen LogP contribution in [0.2, 0.25) is 0 Å². The minimum atomic E-state index is -4.01. The lowest BCUT2D eigenvalue weighted by atomic mass is 10.0. The summed E-state index contributed by atoms with van der Waals surface area (Å²) in [6, 6.07) is 2.14. The van der Waals surface area contributed by atoms with Crippen LogP contribution in [0.4, 0.5) is 4.39 Å². The Hall–Kier alpha value is -1.14. The van der Waals surface area contributed by atoms with Gasteiger partial charge in [0, 0.05) is 23.8 Å². The lowest BCUT2D eigenvalue weighted by molar-refractivity contribution is 0.0780. The van der Waals surface area contributed by atoms with E-state index in [1.54, 1.807) is 4.90 Å². The van der Waals surface area contributed by atoms with Crippen molar-refractivity contribution in [3.05, 3.63) is 29.1 Å². The highest BCUT2D eigenvalue weighted by Crippen LogP contribution is 2.27. The van der Waals surface area contributed by atoms with Gasteiger partial charge in [-0.1, -0.05) is 13.8 Å². The van der Waals surface area contributed by atoms with E-state index in [1.165, 1.54) is 6.92 Å². The molecule has 1 fully saturated rings. The molecule has 0 N–H and O–H groups in total. The Morgan fingerprint density at radius 1 is 1.29 bits per heavy atom. The molecule has 2 rings (SSSR count). The molecule has 0 spiro atoms. The number of likely N-dealkylation sites (tertiary alicyclic amines) is 1. The zero-order chi connectivity index (χ0) is 15.9. The second-order valence-corrected chi connectivity index (χ2v) is 8.27. The monoisotopic (exact) mass is 333 g/mol. The van der Waals surface area contributed by atoms with Gasteiger partial charge in [-0.3, -0.25) is 4.79 Å². The average molecular weight is 334 g/mol. The molecule has 0 saturated carbocycles. The van der Waals surface area contributed by atoms with E-state index in [-0.39, 0.29) is 16.0 Å². The highest BCUT2D eigenvalue weighted by atomic mass is 35.7. The molecule has 21 heavy (non-hydrogen) atoms. The first-order valence-electron chi connectivity index (χ1n) is 6.65. The third-order valence-electron chi connectivity index (χ3n) is 4.02. The fourth-order valence-electron chi connectivity index (χ4n) is 2.50. The molecule has 116 valence electrons. The molecular weight excluding hydrogens is 317 g/mol. The number of nitrogens with zero attached hydrogens (tertiary/aromatic N) is 1. The van der Waals surface area contributed by atoms with E-state index in [0.717, 1.165) is 12.1 Å². The Balaban J connectivity index is 2.44. The number of amides is 1. The standard InChI is InChI=1S/C14H17ClFNO3S/c1-8-4-11(21(15,19)20)5-12(13(8)16)14(18)17-6-9(2)10(3)7-17/h4-5,9-10H,6-7H2,1-3H3. The third kappa shape index (κ3) is 3.21. The Morgan fingerprint density at radius 3 is 2.29 bits per heavy atom. The van der Waals surface area contributed by atoms with Crippen molar-refractivity contribution in [2.24, 2.45) is 11.8 Å². The van der Waals surface area contributed by atoms with Crippen molar-refractivity contribution in [1.29, 1.82) is 0 Å². The number of hydrogen-bond donors (Lipinski definition) is 0. The van der Waals surface area contributed by atoms with E-state index in [1.807, 2.05) is 13.8 Å². The first-order valence-corrected chi connectivity index (χ1v) is 8.96. The Kier molecular flexibility index (Phi) is 4.31. The zero-order valence-corrected chi connectivity index (χ0v) is 13.6. The minimum Gasteiger partial charge on any atom is -0.338 e. The summed E-state index contributed by atoms with van der Waals surface area (Å²) in [4.78, 5) is 13.7. The SMILES string of the molecule is Cc1cc(S(=O)(=O)Cl)cc(C(=O)N2CC(C)C(C)C2)c1F. The first kappa shape index (κ1) is 16.2. The lowest BCUT2D eigenvalue weighted by Gasteiger charge is -2.17. The van der Waals surface area contributed by atoms with Crippen LogP contribution in [0.15, 0.2) is 17.0 Å². The second-order valence-electron chi connectivity index (χ2n) is 5.70. The van der Waals surface area contributed by atoms with Crippen LogP contribution in [-0.4, -0.2) is 32.3 Å². The summed E-state index contributed by atoms with van der Waals surface area (Å²) in [5, 5.41) is 0. The number of rotatable bonds is 2. The average Bonchev–Trinajstić information content (AvgIpc) is 2.70. The highest BCUT2D eigenvalue weighted by molar-refractivity contribution is 8.13. The van der Waals surface area contributed by atoms with E-state index in [2.05, 4.69) is 0 Å². The smallest absolute Gasteiger partial charge is 0.261 e. The molecule has 1 heterocycles. The minimum absolute atomic E-state index is 0.0837. The van der Waals surface area contributed by atoms with Crippen molar-refractivity contribution >= 4 is 25.6 Å². The second kappa shape index (κ2) is 5.57. The van der Waals surface area contributed by atoms with Crippen LogP contribution in [0, 0.1) is 24.6 Å². The van der Waals surface area contributed by atoms with Crippen molar-refractivity contribution in [2.45, 2.75) is 25.7 Å². The van der Waals surface area contributed by atoms with Crippen molar-refractivity contribution in [3.63, 3.8) is 0 Å². The van der Waals surface area contributed by atoms with Crippen molar-refractivity contribution in [1.82, 2.24) is 4.90 Å². The predicted molar refractivity (Wildman–Crippen MR) is 78.4 cm³/mol. The van der Waals surface area contributed by atoms with Gasteiger partial charge in [-0.05, 0) is 36.5 Å². The molecule has 0 bridgehead atoms. The summed E-state index contributed by atoms with van der Waals surface area (Å²) < 4.78 is 37.0. The first-order chi connectivity index (χ1) is 9.61. The van der Waals surface area contributed by atoms with Gasteiger partial charge in [0.25, 0.3) is 15.0 Å². The van der Waals surface area contributed by atoms with Gasteiger partial charge in [0.05, 0.1) is 10.5 Å². The summed E-state index contributed by atoms with van der Waals surface area (Å²) in [5.74, 6) is -0.527. The van der Waals surface area contributed by atoms with Crippen molar-refractivity contribution < 1.29 is 17.6 Å². The van der Waals surface area contributed by atoms with Crippen molar-refractivity contribution in [3.8, 4) is 0 Å². The highest BCUT2D eigenvalue weighted by Gasteiger charge is 2.32. The molecule has 0 aromatic heterocycles. The van der Waals surface area contributed by atoms with Crippen LogP contribution < -0.4 is 0 Å². The number of halogens is 2. The van der Waals surface area contributed by atoms with Crippen LogP contribution >= 0.6 is 10.7 Å². The normalized spacial score (nSPS) is 22.6. The van der Waals surface area contributed by atoms with Gasteiger partial charge in [-0.25, -0.2) is 12.8 Å². The van der Waals surface area contributed by atoms with Crippen LogP contribution in [0.3, 0.4) is 0 Å². The Bertz CT molecular complexity index is 680. The van der Waals surface area contributed by atoms with Gasteiger partial charge < -0.3 is 4.90 Å². The summed E-state index contributed by atoms with van der Waals surface area (Å²) in [5.41, 5.74) is -0.157. The molecule has 1 saturated heterocycles. The van der Waals surface area contributed by atoms with Gasteiger partial charge in [0.15, 0.2) is 0 Å².